The molecule has 0 bridgehead atoms. The van der Waals surface area contributed by atoms with Crippen molar-refractivity contribution < 1.29 is 14.6 Å². The summed E-state index contributed by atoms with van der Waals surface area (Å²) in [5.74, 6) is 0.165. The van der Waals surface area contributed by atoms with E-state index < -0.39 is 5.54 Å². The third-order valence-electron chi connectivity index (χ3n) is 2.77. The molecule has 1 saturated carbocycles. The van der Waals surface area contributed by atoms with Gasteiger partial charge >= 0.3 is 0 Å². The highest BCUT2D eigenvalue weighted by atomic mass is 35.5. The van der Waals surface area contributed by atoms with Gasteiger partial charge in [-0.2, -0.15) is 4.99 Å². The lowest BCUT2D eigenvalue weighted by Crippen LogP contribution is -2.03. The summed E-state index contributed by atoms with van der Waals surface area (Å²) in [6.45, 7) is 0. The van der Waals surface area contributed by atoms with E-state index >= 15 is 0 Å². The van der Waals surface area contributed by atoms with Gasteiger partial charge in [-0.15, -0.1) is 0 Å². The Morgan fingerprint density at radius 1 is 1.56 bits per heavy atom. The van der Waals surface area contributed by atoms with E-state index in [2.05, 4.69) is 4.99 Å². The average molecular weight is 240 g/mol. The number of ether oxygens (including phenoxy) is 1. The molecule has 16 heavy (non-hydrogen) atoms. The fourth-order valence-corrected chi connectivity index (χ4v) is 1.99. The van der Waals surface area contributed by atoms with Gasteiger partial charge in [-0.05, 0) is 18.9 Å². The van der Waals surface area contributed by atoms with Crippen molar-refractivity contribution in [3.63, 3.8) is 0 Å². The fourth-order valence-electron chi connectivity index (χ4n) is 1.76. The maximum absolute atomic E-state index is 10.3. The molecule has 0 unspecified atom stereocenters. The second-order valence-electron chi connectivity index (χ2n) is 3.71. The van der Waals surface area contributed by atoms with Gasteiger partial charge in [0.15, 0.2) is 11.5 Å². The zero-order valence-corrected chi connectivity index (χ0v) is 9.41. The minimum Gasteiger partial charge on any atom is -0.504 e. The van der Waals surface area contributed by atoms with Crippen molar-refractivity contribution >= 4 is 17.7 Å². The SMILES string of the molecule is COc1c(Cl)ccc(C2(N=C=O)CC2)c1O. The number of methoxy groups -OCH3 is 1. The Labute approximate surface area is 97.5 Å². The molecular weight excluding hydrogens is 230 g/mol. The number of phenols is 1. The highest BCUT2D eigenvalue weighted by Gasteiger charge is 2.47. The number of phenolic OH excluding ortho intramolecular Hbond substituents is 1. The maximum Gasteiger partial charge on any atom is 0.235 e. The van der Waals surface area contributed by atoms with Gasteiger partial charge in [0, 0.05) is 5.56 Å². The van der Waals surface area contributed by atoms with Crippen LogP contribution in [0.25, 0.3) is 0 Å². The predicted molar refractivity (Wildman–Crippen MR) is 58.7 cm³/mol. The van der Waals surface area contributed by atoms with Crippen molar-refractivity contribution in [2.75, 3.05) is 7.11 Å². The Morgan fingerprint density at radius 3 is 2.75 bits per heavy atom. The first-order valence-electron chi connectivity index (χ1n) is 4.79. The standard InChI is InChI=1S/C11H10ClNO3/c1-16-10-8(12)3-2-7(9(10)15)11(4-5-11)13-6-14/h2-3,15H,4-5H2,1H3. The summed E-state index contributed by atoms with van der Waals surface area (Å²) < 4.78 is 5.00. The molecule has 0 atom stereocenters. The molecule has 5 heteroatoms. The second-order valence-corrected chi connectivity index (χ2v) is 4.12. The monoisotopic (exact) mass is 239 g/mol. The molecule has 0 aliphatic heterocycles. The topological polar surface area (TPSA) is 58.9 Å². The highest BCUT2D eigenvalue weighted by molar-refractivity contribution is 6.32. The lowest BCUT2D eigenvalue weighted by Gasteiger charge is -2.14. The number of hydrogen-bond acceptors (Lipinski definition) is 4. The Morgan fingerprint density at radius 2 is 2.25 bits per heavy atom. The summed E-state index contributed by atoms with van der Waals surface area (Å²) in [6, 6.07) is 3.28. The number of halogens is 1. The number of isocyanates is 1. The molecule has 1 aliphatic carbocycles. The number of hydrogen-bond donors (Lipinski definition) is 1. The zero-order valence-electron chi connectivity index (χ0n) is 8.66. The van der Waals surface area contributed by atoms with Crippen LogP contribution in [-0.2, 0) is 10.3 Å². The summed E-state index contributed by atoms with van der Waals surface area (Å²) >= 11 is 5.86. The van der Waals surface area contributed by atoms with Gasteiger partial charge in [-0.25, -0.2) is 4.79 Å². The van der Waals surface area contributed by atoms with E-state index in [9.17, 15) is 9.90 Å². The Hall–Kier alpha value is -1.51. The lowest BCUT2D eigenvalue weighted by molar-refractivity contribution is 0.368. The minimum atomic E-state index is -0.621. The van der Waals surface area contributed by atoms with Crippen LogP contribution in [-0.4, -0.2) is 18.3 Å². The van der Waals surface area contributed by atoms with Crippen molar-refractivity contribution in [2.24, 2.45) is 4.99 Å². The second kappa shape index (κ2) is 3.81. The average Bonchev–Trinajstić information content (AvgIpc) is 3.00. The molecule has 0 heterocycles. The van der Waals surface area contributed by atoms with Crippen LogP contribution in [0.15, 0.2) is 17.1 Å². The van der Waals surface area contributed by atoms with Gasteiger partial charge in [0.25, 0.3) is 0 Å². The molecular formula is C11H10ClNO3. The van der Waals surface area contributed by atoms with Gasteiger partial charge in [-0.1, -0.05) is 17.7 Å². The van der Waals surface area contributed by atoms with E-state index in [-0.39, 0.29) is 11.5 Å². The minimum absolute atomic E-state index is 0.0495. The van der Waals surface area contributed by atoms with Crippen molar-refractivity contribution in [1.82, 2.24) is 0 Å². The van der Waals surface area contributed by atoms with Gasteiger partial charge in [0.05, 0.1) is 12.1 Å². The van der Waals surface area contributed by atoms with Crippen LogP contribution < -0.4 is 4.74 Å². The highest BCUT2D eigenvalue weighted by Crippen LogP contribution is 2.54. The maximum atomic E-state index is 10.3. The number of benzene rings is 1. The number of carbonyl (C=O) groups excluding carboxylic acids is 1. The van der Waals surface area contributed by atoms with Crippen molar-refractivity contribution in [1.29, 1.82) is 0 Å². The van der Waals surface area contributed by atoms with Crippen molar-refractivity contribution in [3.8, 4) is 11.5 Å². The summed E-state index contributed by atoms with van der Waals surface area (Å²) in [5, 5.41) is 10.3. The summed E-state index contributed by atoms with van der Waals surface area (Å²) in [4.78, 5) is 14.1. The number of aliphatic imine (C=N–C) groups is 1. The van der Waals surface area contributed by atoms with Crippen LogP contribution in [0.1, 0.15) is 18.4 Å². The number of rotatable bonds is 3. The molecule has 0 amide bonds. The van der Waals surface area contributed by atoms with Gasteiger partial charge in [-0.3, -0.25) is 0 Å². The number of nitrogens with zero attached hydrogens (tertiary/aromatic N) is 1. The van der Waals surface area contributed by atoms with E-state index in [1.54, 1.807) is 12.1 Å². The molecule has 1 aromatic carbocycles. The summed E-state index contributed by atoms with van der Waals surface area (Å²) in [6.07, 6.45) is 2.98. The van der Waals surface area contributed by atoms with Crippen molar-refractivity contribution in [2.45, 2.75) is 18.4 Å². The zero-order chi connectivity index (χ0) is 11.8. The Kier molecular flexibility index (Phi) is 2.62. The molecule has 0 spiro atoms. The molecule has 1 aliphatic rings. The van der Waals surface area contributed by atoms with E-state index in [1.165, 1.54) is 13.2 Å². The lowest BCUT2D eigenvalue weighted by atomic mass is 10.0. The molecule has 84 valence electrons. The molecule has 0 radical (unpaired) electrons. The first-order chi connectivity index (χ1) is 7.64. The molecule has 2 rings (SSSR count). The van der Waals surface area contributed by atoms with Crippen LogP contribution in [0, 0.1) is 0 Å². The fraction of sp³-hybridized carbons (Fsp3) is 0.364. The first kappa shape index (κ1) is 11.0. The molecule has 4 nitrogen and oxygen atoms in total. The molecule has 1 aromatic rings. The van der Waals surface area contributed by atoms with Crippen LogP contribution in [0.5, 0.6) is 11.5 Å². The number of aromatic hydroxyl groups is 1. The van der Waals surface area contributed by atoms with Gasteiger partial charge in [0.1, 0.15) is 5.54 Å². The Bertz CT molecular complexity index is 476. The van der Waals surface area contributed by atoms with Gasteiger partial charge < -0.3 is 9.84 Å². The van der Waals surface area contributed by atoms with Crippen LogP contribution in [0.4, 0.5) is 0 Å². The third kappa shape index (κ3) is 1.56. The van der Waals surface area contributed by atoms with E-state index in [0.717, 1.165) is 12.8 Å². The largest absolute Gasteiger partial charge is 0.504 e. The molecule has 0 aromatic heterocycles. The van der Waals surface area contributed by atoms with E-state index in [4.69, 9.17) is 16.3 Å². The quantitative estimate of drug-likeness (QED) is 0.651. The summed E-state index contributed by atoms with van der Waals surface area (Å²) in [7, 11) is 1.42. The smallest absolute Gasteiger partial charge is 0.235 e. The van der Waals surface area contributed by atoms with Crippen LogP contribution in [0.2, 0.25) is 5.02 Å². The molecule has 1 N–H and O–H groups in total. The summed E-state index contributed by atoms with van der Waals surface area (Å²) in [5.41, 5.74) is -0.0546. The molecule has 0 saturated heterocycles. The van der Waals surface area contributed by atoms with Crippen LogP contribution in [0.3, 0.4) is 0 Å². The van der Waals surface area contributed by atoms with Crippen LogP contribution >= 0.6 is 11.6 Å². The Balaban J connectivity index is 2.55. The predicted octanol–water partition coefficient (Wildman–Crippen LogP) is 2.38. The van der Waals surface area contributed by atoms with E-state index in [0.29, 0.717) is 10.6 Å². The van der Waals surface area contributed by atoms with Crippen molar-refractivity contribution in [3.05, 3.63) is 22.7 Å². The normalized spacial score (nSPS) is 16.4. The van der Waals surface area contributed by atoms with Gasteiger partial charge in [0.2, 0.25) is 6.08 Å². The first-order valence-corrected chi connectivity index (χ1v) is 5.17. The third-order valence-corrected chi connectivity index (χ3v) is 3.07. The van der Waals surface area contributed by atoms with E-state index in [1.807, 2.05) is 0 Å². The molecule has 1 fully saturated rings.